The van der Waals surface area contributed by atoms with E-state index < -0.39 is 0 Å². The lowest BCUT2D eigenvalue weighted by atomic mass is 9.83. The molecule has 0 radical (unpaired) electrons. The Hall–Kier alpha value is -1.33. The highest BCUT2D eigenvalue weighted by Crippen LogP contribution is 2.48. The molecule has 144 valence electrons. The summed E-state index contributed by atoms with van der Waals surface area (Å²) in [5.41, 5.74) is 0.963. The van der Waals surface area contributed by atoms with Gasteiger partial charge in [0.2, 0.25) is 0 Å². The summed E-state index contributed by atoms with van der Waals surface area (Å²) in [6.45, 7) is 10.4. The predicted molar refractivity (Wildman–Crippen MR) is 105 cm³/mol. The number of aliphatic imine (C=N–C) groups is 1. The number of hydrogen-bond acceptors (Lipinski definition) is 5. The number of cyclic esters (lactones) is 1. The fourth-order valence-corrected chi connectivity index (χ4v) is 4.65. The van der Waals surface area contributed by atoms with Crippen LogP contribution in [-0.4, -0.2) is 61.3 Å². The van der Waals surface area contributed by atoms with E-state index in [1.807, 2.05) is 13.0 Å². The van der Waals surface area contributed by atoms with Gasteiger partial charge in [-0.25, -0.2) is 0 Å². The molecule has 0 aromatic heterocycles. The van der Waals surface area contributed by atoms with Crippen LogP contribution in [0.2, 0.25) is 0 Å². The Morgan fingerprint density at radius 2 is 2.04 bits per heavy atom. The molecule has 1 saturated carbocycles. The van der Waals surface area contributed by atoms with E-state index >= 15 is 0 Å². The van der Waals surface area contributed by atoms with E-state index in [2.05, 4.69) is 27.6 Å². The highest BCUT2D eigenvalue weighted by molar-refractivity contribution is 6.29. The van der Waals surface area contributed by atoms with Crippen LogP contribution >= 0.6 is 11.6 Å². The number of nitrogens with zero attached hydrogens (tertiary/aromatic N) is 3. The second kappa shape index (κ2) is 8.57. The van der Waals surface area contributed by atoms with Crippen molar-refractivity contribution in [2.24, 2.45) is 10.4 Å². The van der Waals surface area contributed by atoms with Gasteiger partial charge >= 0.3 is 5.97 Å². The maximum absolute atomic E-state index is 12.2. The van der Waals surface area contributed by atoms with Crippen LogP contribution in [0.25, 0.3) is 0 Å². The molecule has 0 N–H and O–H groups in total. The van der Waals surface area contributed by atoms with Gasteiger partial charge in [-0.3, -0.25) is 14.7 Å². The van der Waals surface area contributed by atoms with Crippen molar-refractivity contribution < 1.29 is 9.53 Å². The Kier molecular flexibility index (Phi) is 6.41. The number of rotatable bonds is 6. The summed E-state index contributed by atoms with van der Waals surface area (Å²) < 4.78 is 5.70. The zero-order valence-electron chi connectivity index (χ0n) is 15.8. The van der Waals surface area contributed by atoms with Crippen LogP contribution in [0.5, 0.6) is 0 Å². The van der Waals surface area contributed by atoms with Gasteiger partial charge in [-0.15, -0.1) is 0 Å². The topological polar surface area (TPSA) is 45.1 Å². The van der Waals surface area contributed by atoms with Crippen molar-refractivity contribution in [2.45, 2.75) is 51.6 Å². The zero-order chi connectivity index (χ0) is 18.6. The van der Waals surface area contributed by atoms with Gasteiger partial charge in [-0.1, -0.05) is 30.5 Å². The lowest BCUT2D eigenvalue weighted by molar-refractivity contribution is -0.148. The monoisotopic (exact) mass is 379 g/mol. The number of ether oxygens (including phenoxy) is 1. The number of hydrogen-bond donors (Lipinski definition) is 0. The van der Waals surface area contributed by atoms with Gasteiger partial charge < -0.3 is 9.64 Å². The van der Waals surface area contributed by atoms with Gasteiger partial charge in [-0.2, -0.15) is 0 Å². The second-order valence-electron chi connectivity index (χ2n) is 7.67. The number of allylic oxidation sites excluding steroid dienone is 2. The van der Waals surface area contributed by atoms with Crippen LogP contribution in [0.3, 0.4) is 0 Å². The Balaban J connectivity index is 1.43. The van der Waals surface area contributed by atoms with Gasteiger partial charge in [0, 0.05) is 44.8 Å². The molecule has 0 amide bonds. The van der Waals surface area contributed by atoms with E-state index in [1.54, 1.807) is 0 Å². The molecule has 1 unspecified atom stereocenters. The molecule has 3 fully saturated rings. The first-order valence-electron chi connectivity index (χ1n) is 9.75. The molecule has 0 aromatic carbocycles. The zero-order valence-corrected chi connectivity index (χ0v) is 16.5. The first kappa shape index (κ1) is 19.4. The summed E-state index contributed by atoms with van der Waals surface area (Å²) in [6, 6.07) is 0. The predicted octanol–water partition coefficient (Wildman–Crippen LogP) is 3.55. The number of esters is 1. The fourth-order valence-electron chi connectivity index (χ4n) is 4.54. The summed E-state index contributed by atoms with van der Waals surface area (Å²) in [5.74, 6) is 0.0713. The minimum absolute atomic E-state index is 0.0713. The average Bonchev–Trinajstić information content (AvgIpc) is 3.26. The van der Waals surface area contributed by atoms with E-state index in [9.17, 15) is 4.79 Å². The SMILES string of the molecule is C=N/C(Cl)=C\C(=C/C)N1CCN(CCC2CC3(CCCC3)C(=O)O2)CC1. The van der Waals surface area contributed by atoms with Crippen molar-refractivity contribution in [3.05, 3.63) is 23.0 Å². The van der Waals surface area contributed by atoms with Crippen molar-refractivity contribution in [3.8, 4) is 0 Å². The van der Waals surface area contributed by atoms with Crippen molar-refractivity contribution in [1.82, 2.24) is 9.80 Å². The molecule has 1 atom stereocenters. The van der Waals surface area contributed by atoms with Gasteiger partial charge in [0.1, 0.15) is 11.3 Å². The normalized spacial score (nSPS) is 27.2. The molecule has 3 aliphatic rings. The number of carbonyl (C=O) groups excluding carboxylic acids is 1. The molecule has 26 heavy (non-hydrogen) atoms. The molecule has 2 aliphatic heterocycles. The first-order chi connectivity index (χ1) is 12.6. The summed E-state index contributed by atoms with van der Waals surface area (Å²) >= 11 is 5.98. The highest BCUT2D eigenvalue weighted by atomic mass is 35.5. The first-order valence-corrected chi connectivity index (χ1v) is 10.1. The van der Waals surface area contributed by atoms with E-state index in [1.165, 1.54) is 12.8 Å². The summed E-state index contributed by atoms with van der Waals surface area (Å²) in [5, 5.41) is 0.421. The van der Waals surface area contributed by atoms with Crippen LogP contribution in [0.1, 0.15) is 45.4 Å². The van der Waals surface area contributed by atoms with Gasteiger partial charge in [0.15, 0.2) is 0 Å². The third-order valence-corrected chi connectivity index (χ3v) is 6.33. The number of piperazine rings is 1. The van der Waals surface area contributed by atoms with Crippen molar-refractivity contribution in [1.29, 1.82) is 0 Å². The third kappa shape index (κ3) is 4.32. The molecule has 2 saturated heterocycles. The van der Waals surface area contributed by atoms with Crippen LogP contribution in [0.15, 0.2) is 28.0 Å². The molecule has 6 heteroatoms. The van der Waals surface area contributed by atoms with E-state index in [4.69, 9.17) is 16.3 Å². The average molecular weight is 380 g/mol. The Bertz CT molecular complexity index is 588. The number of carbonyl (C=O) groups is 1. The fraction of sp³-hybridized carbons (Fsp3) is 0.700. The highest BCUT2D eigenvalue weighted by Gasteiger charge is 2.50. The Morgan fingerprint density at radius 1 is 1.35 bits per heavy atom. The Morgan fingerprint density at radius 3 is 2.65 bits per heavy atom. The minimum atomic E-state index is -0.130. The smallest absolute Gasteiger partial charge is 0.312 e. The van der Waals surface area contributed by atoms with Crippen LogP contribution in [0, 0.1) is 5.41 Å². The van der Waals surface area contributed by atoms with Crippen LogP contribution in [-0.2, 0) is 9.53 Å². The third-order valence-electron chi connectivity index (χ3n) is 6.10. The Labute approximate surface area is 161 Å². The van der Waals surface area contributed by atoms with E-state index in [0.29, 0.717) is 5.16 Å². The maximum Gasteiger partial charge on any atom is 0.312 e. The molecular formula is C20H30ClN3O2. The van der Waals surface area contributed by atoms with Crippen molar-refractivity contribution in [3.63, 3.8) is 0 Å². The van der Waals surface area contributed by atoms with Gasteiger partial charge in [-0.05, 0) is 39.0 Å². The standard InChI is InChI=1S/C20H30ClN3O2/c1-3-16(14-18(21)22-2)24-12-10-23(11-13-24)9-6-17-15-20(19(25)26-17)7-4-5-8-20/h3,14,17H,2,4-13,15H2,1H3/b16-3+,18-14-. The maximum atomic E-state index is 12.2. The van der Waals surface area contributed by atoms with E-state index in [0.717, 1.165) is 64.1 Å². The largest absolute Gasteiger partial charge is 0.462 e. The van der Waals surface area contributed by atoms with E-state index in [-0.39, 0.29) is 17.5 Å². The molecular weight excluding hydrogens is 350 g/mol. The lowest BCUT2D eigenvalue weighted by Crippen LogP contribution is -2.46. The van der Waals surface area contributed by atoms with Crippen molar-refractivity contribution >= 4 is 24.3 Å². The second-order valence-corrected chi connectivity index (χ2v) is 8.06. The van der Waals surface area contributed by atoms with Crippen LogP contribution < -0.4 is 0 Å². The quantitative estimate of drug-likeness (QED) is 0.306. The molecule has 2 heterocycles. The number of halogens is 1. The lowest BCUT2D eigenvalue weighted by Gasteiger charge is -2.37. The van der Waals surface area contributed by atoms with Crippen molar-refractivity contribution in [2.75, 3.05) is 32.7 Å². The minimum Gasteiger partial charge on any atom is -0.462 e. The summed E-state index contributed by atoms with van der Waals surface area (Å²) in [7, 11) is 0. The summed E-state index contributed by atoms with van der Waals surface area (Å²) in [6.07, 6.45) is 10.3. The van der Waals surface area contributed by atoms with Gasteiger partial charge in [0.25, 0.3) is 0 Å². The molecule has 5 nitrogen and oxygen atoms in total. The molecule has 0 bridgehead atoms. The molecule has 0 aromatic rings. The molecule has 1 aliphatic carbocycles. The summed E-state index contributed by atoms with van der Waals surface area (Å²) in [4.78, 5) is 20.8. The van der Waals surface area contributed by atoms with Gasteiger partial charge in [0.05, 0.1) is 5.41 Å². The molecule has 1 spiro atoms. The molecule has 3 rings (SSSR count). The van der Waals surface area contributed by atoms with Crippen LogP contribution in [0.4, 0.5) is 0 Å².